The summed E-state index contributed by atoms with van der Waals surface area (Å²) in [6, 6.07) is 10.5. The number of aromatic nitrogens is 2. The van der Waals surface area contributed by atoms with Crippen molar-refractivity contribution in [3.05, 3.63) is 62.0 Å². The van der Waals surface area contributed by atoms with Crippen LogP contribution in [-0.2, 0) is 11.2 Å². The molecule has 0 aliphatic heterocycles. The Morgan fingerprint density at radius 3 is 2.83 bits per heavy atom. The smallest absolute Gasteiger partial charge is 0.272 e. The summed E-state index contributed by atoms with van der Waals surface area (Å²) in [7, 11) is 0. The summed E-state index contributed by atoms with van der Waals surface area (Å²) in [5, 5.41) is 11.3. The van der Waals surface area contributed by atoms with Crippen LogP contribution < -0.4 is 11.0 Å². The van der Waals surface area contributed by atoms with Crippen LogP contribution in [0.25, 0.3) is 10.8 Å². The third-order valence-electron chi connectivity index (χ3n) is 3.08. The second kappa shape index (κ2) is 6.73. The van der Waals surface area contributed by atoms with Crippen LogP contribution in [0, 0.1) is 3.77 Å². The number of rotatable bonds is 4. The van der Waals surface area contributed by atoms with Gasteiger partial charge in [-0.05, 0) is 40.8 Å². The normalized spacial score (nSPS) is 11.2. The van der Waals surface area contributed by atoms with Crippen molar-refractivity contribution in [2.24, 2.45) is 5.10 Å². The third kappa shape index (κ3) is 3.65. The van der Waals surface area contributed by atoms with E-state index in [1.165, 1.54) is 6.21 Å². The fraction of sp³-hybridized carbons (Fsp3) is 0.0667. The molecule has 0 bridgehead atoms. The van der Waals surface area contributed by atoms with Gasteiger partial charge in [0, 0.05) is 5.39 Å². The number of H-pyrrole nitrogens is 1. The number of halogens is 1. The van der Waals surface area contributed by atoms with Gasteiger partial charge in [-0.3, -0.25) is 9.59 Å². The van der Waals surface area contributed by atoms with Crippen molar-refractivity contribution in [1.29, 1.82) is 0 Å². The Kier molecular flexibility index (Phi) is 4.51. The number of nitrogens with zero attached hydrogens (tertiary/aromatic N) is 2. The van der Waals surface area contributed by atoms with Gasteiger partial charge in [0.2, 0.25) is 5.91 Å². The minimum atomic E-state index is -0.341. The Hall–Kier alpha value is -2.49. The molecule has 0 saturated carbocycles. The molecular weight excluding hydrogens is 411 g/mol. The molecule has 1 amide bonds. The number of aromatic amines is 1. The van der Waals surface area contributed by atoms with Gasteiger partial charge in [0.25, 0.3) is 5.56 Å². The Bertz CT molecular complexity index is 945. The molecule has 3 aromatic rings. The van der Waals surface area contributed by atoms with E-state index in [0.29, 0.717) is 22.2 Å². The number of fused-ring (bicyclic) bond motifs is 1. The molecule has 0 fully saturated rings. The predicted molar refractivity (Wildman–Crippen MR) is 93.2 cm³/mol. The topological polar surface area (TPSA) is 100 Å². The number of benzene rings is 1. The molecule has 0 saturated heterocycles. The maximum absolute atomic E-state index is 11.9. The number of amides is 1. The SMILES string of the molecule is O=C(Cc1n[nH]c(=O)c2ccccc12)N/N=C/c1ccc(I)o1. The molecule has 0 unspecified atom stereocenters. The molecule has 0 aliphatic rings. The molecule has 1 aromatic carbocycles. The van der Waals surface area contributed by atoms with Gasteiger partial charge in [0.1, 0.15) is 5.76 Å². The highest BCUT2D eigenvalue weighted by atomic mass is 127. The number of hydrogen-bond donors (Lipinski definition) is 2. The van der Waals surface area contributed by atoms with E-state index in [4.69, 9.17) is 4.42 Å². The van der Waals surface area contributed by atoms with Crippen LogP contribution >= 0.6 is 22.6 Å². The van der Waals surface area contributed by atoms with Gasteiger partial charge in [-0.1, -0.05) is 18.2 Å². The fourth-order valence-corrected chi connectivity index (χ4v) is 2.50. The van der Waals surface area contributed by atoms with Crippen LogP contribution in [0.5, 0.6) is 0 Å². The standard InChI is InChI=1S/C15H11IN4O3/c16-13-6-5-9(23-13)8-17-19-14(21)7-12-10-3-1-2-4-11(10)15(22)20-18-12/h1-6,8H,7H2,(H,19,21)(H,20,22)/b17-8+. The summed E-state index contributed by atoms with van der Waals surface area (Å²) in [6.45, 7) is 0. The van der Waals surface area contributed by atoms with E-state index < -0.39 is 0 Å². The molecule has 2 heterocycles. The molecule has 0 spiro atoms. The molecule has 7 nitrogen and oxygen atoms in total. The van der Waals surface area contributed by atoms with Gasteiger partial charge >= 0.3 is 0 Å². The van der Waals surface area contributed by atoms with Crippen LogP contribution in [0.15, 0.2) is 50.7 Å². The van der Waals surface area contributed by atoms with Crippen molar-refractivity contribution in [3.63, 3.8) is 0 Å². The van der Waals surface area contributed by atoms with Crippen molar-refractivity contribution in [2.75, 3.05) is 0 Å². The van der Waals surface area contributed by atoms with E-state index >= 15 is 0 Å². The van der Waals surface area contributed by atoms with Crippen molar-refractivity contribution in [3.8, 4) is 0 Å². The highest BCUT2D eigenvalue weighted by Crippen LogP contribution is 2.12. The van der Waals surface area contributed by atoms with Crippen molar-refractivity contribution < 1.29 is 9.21 Å². The summed E-state index contributed by atoms with van der Waals surface area (Å²) in [5.74, 6) is 0.203. The number of hydrogen-bond acceptors (Lipinski definition) is 5. The molecule has 0 radical (unpaired) electrons. The summed E-state index contributed by atoms with van der Waals surface area (Å²) in [4.78, 5) is 23.6. The number of nitrogens with one attached hydrogen (secondary N) is 2. The lowest BCUT2D eigenvalue weighted by Gasteiger charge is -2.03. The van der Waals surface area contributed by atoms with Crippen LogP contribution in [-0.4, -0.2) is 22.3 Å². The summed E-state index contributed by atoms with van der Waals surface area (Å²) >= 11 is 2.04. The molecule has 0 aliphatic carbocycles. The number of hydrazone groups is 1. The molecule has 8 heteroatoms. The Morgan fingerprint density at radius 2 is 2.09 bits per heavy atom. The van der Waals surface area contributed by atoms with Gasteiger partial charge in [-0.25, -0.2) is 10.5 Å². The largest absolute Gasteiger partial charge is 0.449 e. The van der Waals surface area contributed by atoms with Crippen LogP contribution in [0.1, 0.15) is 11.5 Å². The highest BCUT2D eigenvalue weighted by Gasteiger charge is 2.10. The first-order valence-corrected chi connectivity index (χ1v) is 7.75. The van der Waals surface area contributed by atoms with Crippen LogP contribution in [0.3, 0.4) is 0 Å². The maximum atomic E-state index is 11.9. The summed E-state index contributed by atoms with van der Waals surface area (Å²) in [6.07, 6.45) is 1.42. The first kappa shape index (κ1) is 15.4. The summed E-state index contributed by atoms with van der Waals surface area (Å²) in [5.41, 5.74) is 2.61. The number of carbonyl (C=O) groups is 1. The predicted octanol–water partition coefficient (Wildman–Crippen LogP) is 1.81. The highest BCUT2D eigenvalue weighted by molar-refractivity contribution is 14.1. The van der Waals surface area contributed by atoms with E-state index in [0.717, 1.165) is 3.77 Å². The van der Waals surface area contributed by atoms with E-state index in [2.05, 4.69) is 20.7 Å². The zero-order valence-corrected chi connectivity index (χ0v) is 13.9. The quantitative estimate of drug-likeness (QED) is 0.381. The first-order chi connectivity index (χ1) is 11.1. The second-order valence-corrected chi connectivity index (χ2v) is 5.72. The monoisotopic (exact) mass is 422 g/mol. The Labute approximate surface area is 143 Å². The lowest BCUT2D eigenvalue weighted by Crippen LogP contribution is -2.22. The molecular formula is C15H11IN4O3. The molecule has 3 rings (SSSR count). The molecule has 116 valence electrons. The van der Waals surface area contributed by atoms with Crippen molar-refractivity contribution in [1.82, 2.24) is 15.6 Å². The second-order valence-electron chi connectivity index (χ2n) is 4.66. The van der Waals surface area contributed by atoms with E-state index in [1.807, 2.05) is 22.6 Å². The van der Waals surface area contributed by atoms with Gasteiger partial charge in [0.15, 0.2) is 3.77 Å². The number of carbonyl (C=O) groups excluding carboxylic acids is 1. The van der Waals surface area contributed by atoms with Gasteiger partial charge in [-0.2, -0.15) is 10.2 Å². The first-order valence-electron chi connectivity index (χ1n) is 6.67. The lowest BCUT2D eigenvalue weighted by atomic mass is 10.1. The average molecular weight is 422 g/mol. The zero-order valence-electron chi connectivity index (χ0n) is 11.7. The van der Waals surface area contributed by atoms with Crippen molar-refractivity contribution in [2.45, 2.75) is 6.42 Å². The zero-order chi connectivity index (χ0) is 16.2. The minimum absolute atomic E-state index is 0.00429. The molecule has 2 aromatic heterocycles. The Morgan fingerprint density at radius 1 is 1.30 bits per heavy atom. The van der Waals surface area contributed by atoms with Crippen LogP contribution in [0.4, 0.5) is 0 Å². The van der Waals surface area contributed by atoms with Gasteiger partial charge < -0.3 is 4.42 Å². The number of furan rings is 1. The average Bonchev–Trinajstić information content (AvgIpc) is 2.96. The van der Waals surface area contributed by atoms with Gasteiger partial charge in [0.05, 0.1) is 23.7 Å². The van der Waals surface area contributed by atoms with E-state index in [1.54, 1.807) is 36.4 Å². The fourth-order valence-electron chi connectivity index (χ4n) is 2.06. The third-order valence-corrected chi connectivity index (χ3v) is 3.66. The maximum Gasteiger partial charge on any atom is 0.272 e. The molecule has 0 atom stereocenters. The summed E-state index contributed by atoms with van der Waals surface area (Å²) < 4.78 is 6.02. The Balaban J connectivity index is 1.72. The van der Waals surface area contributed by atoms with Crippen LogP contribution in [0.2, 0.25) is 0 Å². The van der Waals surface area contributed by atoms with Crippen molar-refractivity contribution >= 4 is 45.5 Å². The molecule has 2 N–H and O–H groups in total. The molecule has 23 heavy (non-hydrogen) atoms. The lowest BCUT2D eigenvalue weighted by molar-refractivity contribution is -0.120. The van der Waals surface area contributed by atoms with Gasteiger partial charge in [-0.15, -0.1) is 0 Å². The van der Waals surface area contributed by atoms with E-state index in [-0.39, 0.29) is 17.9 Å². The minimum Gasteiger partial charge on any atom is -0.449 e. The van der Waals surface area contributed by atoms with E-state index in [9.17, 15) is 9.59 Å².